The Balaban J connectivity index is 3.20. The van der Waals surface area contributed by atoms with Gasteiger partial charge in [-0.15, -0.1) is 3.89 Å². The molecule has 1 rings (SSSR count). The molecule has 12 heavy (non-hydrogen) atoms. The van der Waals surface area contributed by atoms with Crippen molar-refractivity contribution >= 4 is 10.2 Å². The van der Waals surface area contributed by atoms with Crippen LogP contribution in [0.2, 0.25) is 0 Å². The van der Waals surface area contributed by atoms with Crippen LogP contribution in [0.4, 0.5) is 3.89 Å². The van der Waals surface area contributed by atoms with Crippen LogP contribution in [0.5, 0.6) is 0 Å². The van der Waals surface area contributed by atoms with E-state index in [1.165, 1.54) is 18.2 Å². The summed E-state index contributed by atoms with van der Waals surface area (Å²) in [6.07, 6.45) is 0. The third-order valence-corrected chi connectivity index (χ3v) is 2.23. The predicted octanol–water partition coefficient (Wildman–Crippen LogP) is 0.804. The molecule has 0 aromatic heterocycles. The van der Waals surface area contributed by atoms with E-state index in [-0.39, 0.29) is 11.4 Å². The van der Waals surface area contributed by atoms with E-state index in [4.69, 9.17) is 5.73 Å². The second-order valence-electron chi connectivity index (χ2n) is 2.29. The fourth-order valence-electron chi connectivity index (χ4n) is 0.824. The zero-order chi connectivity index (χ0) is 9.19. The molecular formula is C7H8FNO2S. The molecule has 0 saturated carbocycles. The molecular weight excluding hydrogens is 181 g/mol. The van der Waals surface area contributed by atoms with Crippen molar-refractivity contribution in [3.8, 4) is 0 Å². The van der Waals surface area contributed by atoms with E-state index in [0.717, 1.165) is 0 Å². The van der Waals surface area contributed by atoms with Gasteiger partial charge in [0.15, 0.2) is 0 Å². The molecule has 1 aromatic rings. The SMILES string of the molecule is NCc1cccc(S(=O)(=O)F)c1. The topological polar surface area (TPSA) is 60.2 Å². The molecule has 0 amide bonds. The molecule has 66 valence electrons. The zero-order valence-electron chi connectivity index (χ0n) is 6.20. The van der Waals surface area contributed by atoms with Gasteiger partial charge in [0.25, 0.3) is 0 Å². The highest BCUT2D eigenvalue weighted by Gasteiger charge is 2.10. The Morgan fingerprint density at radius 2 is 2.08 bits per heavy atom. The maximum atomic E-state index is 12.4. The van der Waals surface area contributed by atoms with E-state index in [1.807, 2.05) is 0 Å². The Kier molecular flexibility index (Phi) is 2.44. The molecule has 2 N–H and O–H groups in total. The van der Waals surface area contributed by atoms with E-state index in [1.54, 1.807) is 6.07 Å². The van der Waals surface area contributed by atoms with E-state index < -0.39 is 10.2 Å². The summed E-state index contributed by atoms with van der Waals surface area (Å²) in [5.41, 5.74) is 5.84. The number of halogens is 1. The standard InChI is InChI=1S/C7H8FNO2S/c8-12(10,11)7-3-1-2-6(4-7)5-9/h1-4H,5,9H2. The largest absolute Gasteiger partial charge is 0.332 e. The van der Waals surface area contributed by atoms with Crippen LogP contribution in [0.25, 0.3) is 0 Å². The van der Waals surface area contributed by atoms with Crippen molar-refractivity contribution in [2.75, 3.05) is 0 Å². The molecule has 0 radical (unpaired) electrons. The van der Waals surface area contributed by atoms with Gasteiger partial charge in [-0.05, 0) is 17.7 Å². The molecule has 0 aliphatic heterocycles. The van der Waals surface area contributed by atoms with Crippen LogP contribution < -0.4 is 5.73 Å². The molecule has 0 fully saturated rings. The summed E-state index contributed by atoms with van der Waals surface area (Å²) in [5.74, 6) is 0. The first-order valence-electron chi connectivity index (χ1n) is 3.27. The van der Waals surface area contributed by atoms with Crippen molar-refractivity contribution in [3.05, 3.63) is 29.8 Å². The van der Waals surface area contributed by atoms with Crippen LogP contribution in [0.15, 0.2) is 29.2 Å². The van der Waals surface area contributed by atoms with E-state index in [0.29, 0.717) is 5.56 Å². The number of rotatable bonds is 2. The first-order chi connectivity index (χ1) is 5.54. The third-order valence-electron chi connectivity index (χ3n) is 1.42. The summed E-state index contributed by atoms with van der Waals surface area (Å²) in [5, 5.41) is 0. The second kappa shape index (κ2) is 3.20. The van der Waals surface area contributed by atoms with Crippen molar-refractivity contribution in [1.82, 2.24) is 0 Å². The van der Waals surface area contributed by atoms with Crippen LogP contribution in [0, 0.1) is 0 Å². The fourth-order valence-corrected chi connectivity index (χ4v) is 1.36. The van der Waals surface area contributed by atoms with Gasteiger partial charge in [-0.2, -0.15) is 8.42 Å². The van der Waals surface area contributed by atoms with Gasteiger partial charge in [-0.25, -0.2) is 0 Å². The van der Waals surface area contributed by atoms with E-state index in [2.05, 4.69) is 0 Å². The predicted molar refractivity (Wildman–Crippen MR) is 42.6 cm³/mol. The number of hydrogen-bond acceptors (Lipinski definition) is 3. The minimum absolute atomic E-state index is 0.198. The average molecular weight is 189 g/mol. The zero-order valence-corrected chi connectivity index (χ0v) is 7.01. The molecule has 0 saturated heterocycles. The van der Waals surface area contributed by atoms with Gasteiger partial charge in [0.2, 0.25) is 0 Å². The lowest BCUT2D eigenvalue weighted by Crippen LogP contribution is -1.98. The Bertz CT molecular complexity index is 375. The van der Waals surface area contributed by atoms with Crippen LogP contribution >= 0.6 is 0 Å². The Morgan fingerprint density at radius 1 is 1.42 bits per heavy atom. The highest BCUT2D eigenvalue weighted by Crippen LogP contribution is 2.13. The summed E-state index contributed by atoms with van der Waals surface area (Å²) in [6, 6.07) is 5.49. The molecule has 0 spiro atoms. The quantitative estimate of drug-likeness (QED) is 0.700. The summed E-state index contributed by atoms with van der Waals surface area (Å²) in [6.45, 7) is 0.198. The molecule has 0 aliphatic rings. The second-order valence-corrected chi connectivity index (χ2v) is 3.64. The van der Waals surface area contributed by atoms with Crippen LogP contribution in [-0.2, 0) is 16.8 Å². The molecule has 1 aromatic carbocycles. The van der Waals surface area contributed by atoms with Crippen molar-refractivity contribution in [1.29, 1.82) is 0 Å². The van der Waals surface area contributed by atoms with Crippen LogP contribution in [-0.4, -0.2) is 8.42 Å². The average Bonchev–Trinajstić information content (AvgIpc) is 2.03. The lowest BCUT2D eigenvalue weighted by molar-refractivity contribution is 0.552. The van der Waals surface area contributed by atoms with Crippen molar-refractivity contribution in [2.45, 2.75) is 11.4 Å². The normalized spacial score (nSPS) is 11.5. The van der Waals surface area contributed by atoms with Gasteiger partial charge in [0.1, 0.15) is 0 Å². The first kappa shape index (κ1) is 9.15. The molecule has 0 bridgehead atoms. The van der Waals surface area contributed by atoms with Gasteiger partial charge >= 0.3 is 10.2 Å². The summed E-state index contributed by atoms with van der Waals surface area (Å²) >= 11 is 0. The summed E-state index contributed by atoms with van der Waals surface area (Å²) in [4.78, 5) is -0.342. The maximum absolute atomic E-state index is 12.4. The fraction of sp³-hybridized carbons (Fsp3) is 0.143. The van der Waals surface area contributed by atoms with Crippen molar-refractivity contribution in [3.63, 3.8) is 0 Å². The van der Waals surface area contributed by atoms with Crippen LogP contribution in [0.1, 0.15) is 5.56 Å². The van der Waals surface area contributed by atoms with Gasteiger partial charge in [-0.3, -0.25) is 0 Å². The van der Waals surface area contributed by atoms with E-state index >= 15 is 0 Å². The third kappa shape index (κ3) is 2.02. The summed E-state index contributed by atoms with van der Waals surface area (Å²) < 4.78 is 33.2. The lowest BCUT2D eigenvalue weighted by Gasteiger charge is -1.97. The molecule has 0 heterocycles. The van der Waals surface area contributed by atoms with E-state index in [9.17, 15) is 12.3 Å². The maximum Gasteiger partial charge on any atom is 0.332 e. The van der Waals surface area contributed by atoms with Crippen molar-refractivity contribution in [2.24, 2.45) is 5.73 Å². The Morgan fingerprint density at radius 3 is 2.58 bits per heavy atom. The summed E-state index contributed by atoms with van der Waals surface area (Å²) in [7, 11) is -4.59. The van der Waals surface area contributed by atoms with Crippen LogP contribution in [0.3, 0.4) is 0 Å². The smallest absolute Gasteiger partial charge is 0.326 e. The molecule has 0 atom stereocenters. The Hall–Kier alpha value is -0.940. The minimum Gasteiger partial charge on any atom is -0.326 e. The van der Waals surface area contributed by atoms with Gasteiger partial charge < -0.3 is 5.73 Å². The number of hydrogen-bond donors (Lipinski definition) is 1. The lowest BCUT2D eigenvalue weighted by atomic mass is 10.2. The number of nitrogens with two attached hydrogens (primary N) is 1. The molecule has 5 heteroatoms. The molecule has 3 nitrogen and oxygen atoms in total. The highest BCUT2D eigenvalue weighted by atomic mass is 32.3. The molecule has 0 aliphatic carbocycles. The molecule has 0 unspecified atom stereocenters. The monoisotopic (exact) mass is 189 g/mol. The highest BCUT2D eigenvalue weighted by molar-refractivity contribution is 7.86. The van der Waals surface area contributed by atoms with Gasteiger partial charge in [0, 0.05) is 6.54 Å². The number of benzene rings is 1. The first-order valence-corrected chi connectivity index (χ1v) is 4.66. The van der Waals surface area contributed by atoms with Crippen molar-refractivity contribution < 1.29 is 12.3 Å². The van der Waals surface area contributed by atoms with Gasteiger partial charge in [-0.1, -0.05) is 12.1 Å². The Labute approximate surface area is 70.2 Å². The minimum atomic E-state index is -4.59. The van der Waals surface area contributed by atoms with Gasteiger partial charge in [0.05, 0.1) is 4.90 Å².